The van der Waals surface area contributed by atoms with Gasteiger partial charge in [0.1, 0.15) is 4.60 Å². The van der Waals surface area contributed by atoms with Crippen LogP contribution in [-0.4, -0.2) is 22.5 Å². The minimum atomic E-state index is -0.182. The maximum absolute atomic E-state index is 11.0. The Bertz CT molecular complexity index is 281. The molecule has 1 heterocycles. The van der Waals surface area contributed by atoms with Crippen LogP contribution in [0.25, 0.3) is 0 Å². The van der Waals surface area contributed by atoms with Gasteiger partial charge in [-0.2, -0.15) is 0 Å². The molecule has 0 aliphatic rings. The number of imidazole rings is 1. The highest BCUT2D eigenvalue weighted by atomic mass is 79.9. The van der Waals surface area contributed by atoms with Gasteiger partial charge in [-0.1, -0.05) is 0 Å². The van der Waals surface area contributed by atoms with Crippen LogP contribution in [-0.2, 0) is 7.05 Å². The van der Waals surface area contributed by atoms with Crippen molar-refractivity contribution in [2.45, 2.75) is 0 Å². The molecule has 5 heteroatoms. The lowest BCUT2D eigenvalue weighted by Gasteiger charge is -1.96. The highest BCUT2D eigenvalue weighted by Gasteiger charge is 2.09. The van der Waals surface area contributed by atoms with Crippen molar-refractivity contribution < 1.29 is 4.79 Å². The Kier molecular flexibility index (Phi) is 2.28. The third-order valence-corrected chi connectivity index (χ3v) is 1.66. The molecular weight excluding hydrogens is 210 g/mol. The van der Waals surface area contributed by atoms with Crippen molar-refractivity contribution in [2.75, 3.05) is 7.05 Å². The Hall–Kier alpha value is -0.840. The van der Waals surface area contributed by atoms with E-state index in [9.17, 15) is 4.79 Å². The van der Waals surface area contributed by atoms with Gasteiger partial charge in [0.2, 0.25) is 0 Å². The molecule has 0 bridgehead atoms. The zero-order valence-electron chi connectivity index (χ0n) is 6.26. The number of rotatable bonds is 1. The van der Waals surface area contributed by atoms with Crippen LogP contribution in [0.2, 0.25) is 0 Å². The zero-order valence-corrected chi connectivity index (χ0v) is 7.84. The summed E-state index contributed by atoms with van der Waals surface area (Å²) in [4.78, 5) is 15.0. The van der Waals surface area contributed by atoms with Crippen molar-refractivity contribution in [3.05, 3.63) is 16.6 Å². The minimum Gasteiger partial charge on any atom is -0.352 e. The van der Waals surface area contributed by atoms with E-state index in [1.165, 1.54) is 0 Å². The molecule has 60 valence electrons. The molecule has 0 aliphatic heterocycles. The second-order valence-electron chi connectivity index (χ2n) is 2.08. The van der Waals surface area contributed by atoms with Crippen LogP contribution in [0.5, 0.6) is 0 Å². The number of halogens is 1. The van der Waals surface area contributed by atoms with Gasteiger partial charge in [-0.05, 0) is 15.9 Å². The largest absolute Gasteiger partial charge is 0.352 e. The first-order chi connectivity index (χ1) is 5.15. The van der Waals surface area contributed by atoms with E-state index in [1.54, 1.807) is 24.9 Å². The van der Waals surface area contributed by atoms with E-state index >= 15 is 0 Å². The number of nitrogens with zero attached hydrogens (tertiary/aromatic N) is 2. The Morgan fingerprint density at radius 2 is 2.45 bits per heavy atom. The quantitative estimate of drug-likeness (QED) is 0.747. The van der Waals surface area contributed by atoms with Crippen molar-refractivity contribution in [1.82, 2.24) is 14.9 Å². The smallest absolute Gasteiger partial charge is 0.287 e. The van der Waals surface area contributed by atoms with E-state index in [0.717, 1.165) is 0 Å². The normalized spacial score (nSPS) is 9.73. The molecule has 4 nitrogen and oxygen atoms in total. The molecular formula is C6H8BrN3O. The van der Waals surface area contributed by atoms with Gasteiger partial charge in [0.25, 0.3) is 5.91 Å². The molecule has 1 aromatic heterocycles. The third kappa shape index (κ3) is 1.59. The predicted octanol–water partition coefficient (Wildman–Crippen LogP) is 0.542. The van der Waals surface area contributed by atoms with E-state index in [0.29, 0.717) is 10.4 Å². The number of hydrogen-bond donors (Lipinski definition) is 1. The fourth-order valence-corrected chi connectivity index (χ4v) is 1.23. The number of carbonyl (C=O) groups is 1. The van der Waals surface area contributed by atoms with Gasteiger partial charge in [-0.3, -0.25) is 4.79 Å². The lowest BCUT2D eigenvalue weighted by atomic mass is 10.5. The SMILES string of the molecule is CNC(=O)c1nc(Br)cn1C. The summed E-state index contributed by atoms with van der Waals surface area (Å²) in [6.07, 6.45) is 1.73. The first-order valence-corrected chi connectivity index (χ1v) is 3.85. The van der Waals surface area contributed by atoms with Crippen molar-refractivity contribution in [3.8, 4) is 0 Å². The summed E-state index contributed by atoms with van der Waals surface area (Å²) in [6.45, 7) is 0. The van der Waals surface area contributed by atoms with E-state index in [4.69, 9.17) is 0 Å². The number of amides is 1. The summed E-state index contributed by atoms with van der Waals surface area (Å²) in [5.74, 6) is 0.220. The van der Waals surface area contributed by atoms with Crippen LogP contribution in [0, 0.1) is 0 Å². The first-order valence-electron chi connectivity index (χ1n) is 3.06. The van der Waals surface area contributed by atoms with Crippen LogP contribution in [0.15, 0.2) is 10.8 Å². The summed E-state index contributed by atoms with van der Waals surface area (Å²) in [5, 5.41) is 2.49. The molecule has 1 aromatic rings. The van der Waals surface area contributed by atoms with Gasteiger partial charge >= 0.3 is 0 Å². The van der Waals surface area contributed by atoms with Gasteiger partial charge in [-0.15, -0.1) is 0 Å². The van der Waals surface area contributed by atoms with Crippen molar-refractivity contribution in [1.29, 1.82) is 0 Å². The standard InChI is InChI=1S/C6H8BrN3O/c1-8-6(11)5-9-4(7)3-10(5)2/h3H,1-2H3,(H,8,11). The number of carbonyl (C=O) groups excluding carboxylic acids is 1. The number of aromatic nitrogens is 2. The Labute approximate surface area is 72.7 Å². The average molecular weight is 218 g/mol. The van der Waals surface area contributed by atoms with Gasteiger partial charge in [0.05, 0.1) is 0 Å². The van der Waals surface area contributed by atoms with Crippen molar-refractivity contribution >= 4 is 21.8 Å². The van der Waals surface area contributed by atoms with Crippen LogP contribution >= 0.6 is 15.9 Å². The average Bonchev–Trinajstić information content (AvgIpc) is 2.28. The van der Waals surface area contributed by atoms with Crippen LogP contribution in [0.1, 0.15) is 10.6 Å². The molecule has 11 heavy (non-hydrogen) atoms. The number of hydrogen-bond acceptors (Lipinski definition) is 2. The summed E-state index contributed by atoms with van der Waals surface area (Å²) in [7, 11) is 3.34. The monoisotopic (exact) mass is 217 g/mol. The second kappa shape index (κ2) is 3.04. The van der Waals surface area contributed by atoms with Crippen LogP contribution in [0.4, 0.5) is 0 Å². The van der Waals surface area contributed by atoms with Gasteiger partial charge in [-0.25, -0.2) is 4.98 Å². The second-order valence-corrected chi connectivity index (χ2v) is 2.89. The van der Waals surface area contributed by atoms with Gasteiger partial charge in [0, 0.05) is 20.3 Å². The molecule has 0 unspecified atom stereocenters. The maximum Gasteiger partial charge on any atom is 0.287 e. The zero-order chi connectivity index (χ0) is 8.43. The summed E-state index contributed by atoms with van der Waals surface area (Å²) in [6, 6.07) is 0. The third-order valence-electron chi connectivity index (χ3n) is 1.28. The van der Waals surface area contributed by atoms with E-state index in [-0.39, 0.29) is 5.91 Å². The lowest BCUT2D eigenvalue weighted by Crippen LogP contribution is -2.21. The highest BCUT2D eigenvalue weighted by molar-refractivity contribution is 9.10. The summed E-state index contributed by atoms with van der Waals surface area (Å²) < 4.78 is 2.32. The topological polar surface area (TPSA) is 46.9 Å². The Morgan fingerprint density at radius 1 is 1.82 bits per heavy atom. The summed E-state index contributed by atoms with van der Waals surface area (Å²) in [5.41, 5.74) is 0. The molecule has 0 saturated carbocycles. The molecule has 0 aliphatic carbocycles. The molecule has 1 N–H and O–H groups in total. The van der Waals surface area contributed by atoms with Crippen molar-refractivity contribution in [2.24, 2.45) is 7.05 Å². The van der Waals surface area contributed by atoms with E-state index < -0.39 is 0 Å². The Balaban J connectivity index is 3.03. The first kappa shape index (κ1) is 8.26. The molecule has 1 rings (SSSR count). The fourth-order valence-electron chi connectivity index (χ4n) is 0.753. The molecule has 0 aromatic carbocycles. The van der Waals surface area contributed by atoms with Crippen molar-refractivity contribution in [3.63, 3.8) is 0 Å². The van der Waals surface area contributed by atoms with Gasteiger partial charge < -0.3 is 9.88 Å². The van der Waals surface area contributed by atoms with Gasteiger partial charge in [0.15, 0.2) is 5.82 Å². The molecule has 0 saturated heterocycles. The molecule has 0 spiro atoms. The van der Waals surface area contributed by atoms with Crippen LogP contribution < -0.4 is 5.32 Å². The summed E-state index contributed by atoms with van der Waals surface area (Å²) >= 11 is 3.17. The number of aryl methyl sites for hydroxylation is 1. The molecule has 1 amide bonds. The molecule has 0 atom stereocenters. The molecule has 0 radical (unpaired) electrons. The number of nitrogens with one attached hydrogen (secondary N) is 1. The van der Waals surface area contributed by atoms with Crippen LogP contribution in [0.3, 0.4) is 0 Å². The Morgan fingerprint density at radius 3 is 2.82 bits per heavy atom. The molecule has 0 fully saturated rings. The lowest BCUT2D eigenvalue weighted by molar-refractivity contribution is 0.0949. The predicted molar refractivity (Wildman–Crippen MR) is 44.3 cm³/mol. The fraction of sp³-hybridized carbons (Fsp3) is 0.333. The maximum atomic E-state index is 11.0. The van der Waals surface area contributed by atoms with E-state index in [2.05, 4.69) is 26.2 Å². The minimum absolute atomic E-state index is 0.182. The highest BCUT2D eigenvalue weighted by Crippen LogP contribution is 2.07. The van der Waals surface area contributed by atoms with E-state index in [1.807, 2.05) is 0 Å².